The normalized spacial score (nSPS) is 13.7. The molecule has 0 bridgehead atoms. The van der Waals surface area contributed by atoms with E-state index in [4.69, 9.17) is 4.74 Å². The molecule has 1 atom stereocenters. The molecule has 156 valence electrons. The van der Waals surface area contributed by atoms with Crippen molar-refractivity contribution in [3.63, 3.8) is 0 Å². The number of anilines is 1. The van der Waals surface area contributed by atoms with Gasteiger partial charge >= 0.3 is 5.97 Å². The average molecular weight is 412 g/mol. The summed E-state index contributed by atoms with van der Waals surface area (Å²) in [5.74, 6) is -2.99. The van der Waals surface area contributed by atoms with Crippen LogP contribution in [0.1, 0.15) is 46.9 Å². The summed E-state index contributed by atoms with van der Waals surface area (Å²) in [5, 5.41) is 2.48. The van der Waals surface area contributed by atoms with E-state index < -0.39 is 42.2 Å². The summed E-state index contributed by atoms with van der Waals surface area (Å²) in [5.41, 5.74) is 0.831. The Hall–Kier alpha value is -3.55. The summed E-state index contributed by atoms with van der Waals surface area (Å²) in [6, 6.07) is 10.4. The van der Waals surface area contributed by atoms with Gasteiger partial charge in [-0.3, -0.25) is 19.3 Å². The lowest BCUT2D eigenvalue weighted by atomic mass is 10.1. The van der Waals surface area contributed by atoms with Gasteiger partial charge in [0.2, 0.25) is 0 Å². The van der Waals surface area contributed by atoms with E-state index in [1.54, 1.807) is 12.1 Å². The number of nitrogens with one attached hydrogen (secondary N) is 1. The van der Waals surface area contributed by atoms with Crippen LogP contribution in [-0.4, -0.2) is 41.2 Å². The molecule has 2 aromatic rings. The fraction of sp³-hybridized carbons (Fsp3) is 0.273. The third kappa shape index (κ3) is 4.53. The summed E-state index contributed by atoms with van der Waals surface area (Å²) >= 11 is 0. The molecule has 2 aromatic carbocycles. The van der Waals surface area contributed by atoms with Crippen LogP contribution in [-0.2, 0) is 14.3 Å². The highest BCUT2D eigenvalue weighted by Gasteiger charge is 2.43. The first-order valence-electron chi connectivity index (χ1n) is 9.61. The highest BCUT2D eigenvalue weighted by molar-refractivity contribution is 6.22. The zero-order valence-electron chi connectivity index (χ0n) is 16.4. The van der Waals surface area contributed by atoms with Gasteiger partial charge in [0, 0.05) is 5.69 Å². The summed E-state index contributed by atoms with van der Waals surface area (Å²) in [7, 11) is 0. The third-order valence-electron chi connectivity index (χ3n) is 4.71. The first kappa shape index (κ1) is 21.2. The maximum Gasteiger partial charge on any atom is 0.329 e. The maximum absolute atomic E-state index is 12.9. The first-order valence-corrected chi connectivity index (χ1v) is 9.61. The van der Waals surface area contributed by atoms with Gasteiger partial charge in [-0.25, -0.2) is 9.18 Å². The second-order valence-electron chi connectivity index (χ2n) is 6.85. The Bertz CT molecular complexity index is 939. The minimum atomic E-state index is -1.11. The predicted octanol–water partition coefficient (Wildman–Crippen LogP) is 3.16. The van der Waals surface area contributed by atoms with Crippen molar-refractivity contribution in [1.29, 1.82) is 0 Å². The van der Waals surface area contributed by atoms with Gasteiger partial charge in [0.05, 0.1) is 11.1 Å². The van der Waals surface area contributed by atoms with Crippen LogP contribution in [0, 0.1) is 5.82 Å². The number of fused-ring (bicyclic) bond motifs is 1. The number of nitrogens with zero attached hydrogens (tertiary/aromatic N) is 1. The van der Waals surface area contributed by atoms with Gasteiger partial charge in [-0.1, -0.05) is 31.9 Å². The zero-order valence-corrected chi connectivity index (χ0v) is 16.4. The Balaban J connectivity index is 1.67. The largest absolute Gasteiger partial charge is 0.454 e. The lowest BCUT2D eigenvalue weighted by Crippen LogP contribution is -2.46. The maximum atomic E-state index is 12.9. The first-order chi connectivity index (χ1) is 14.4. The number of hydrogen-bond acceptors (Lipinski definition) is 5. The van der Waals surface area contributed by atoms with Gasteiger partial charge in [-0.2, -0.15) is 0 Å². The van der Waals surface area contributed by atoms with E-state index in [1.807, 2.05) is 6.92 Å². The van der Waals surface area contributed by atoms with Crippen LogP contribution in [0.25, 0.3) is 0 Å². The molecule has 7 nitrogen and oxygen atoms in total. The standard InChI is InChI=1S/C22H21FN2O5/c1-2-3-8-18(25-20(27)16-6-4-5-7-17(16)21(25)28)22(29)30-13-19(26)24-15-11-9-14(23)10-12-15/h4-7,9-12,18H,2-3,8,13H2,1H3,(H,24,26)/t18-/m0/s1. The molecule has 0 aromatic heterocycles. The monoisotopic (exact) mass is 412 g/mol. The Morgan fingerprint density at radius 1 is 1.03 bits per heavy atom. The molecule has 0 unspecified atom stereocenters. The second-order valence-corrected chi connectivity index (χ2v) is 6.85. The van der Waals surface area contributed by atoms with Crippen LogP contribution in [0.2, 0.25) is 0 Å². The van der Waals surface area contributed by atoms with Crippen molar-refractivity contribution in [2.24, 2.45) is 0 Å². The molecule has 1 N–H and O–H groups in total. The molecule has 1 aliphatic rings. The quantitative estimate of drug-likeness (QED) is 0.531. The minimum absolute atomic E-state index is 0.236. The molecule has 0 saturated carbocycles. The Morgan fingerprint density at radius 3 is 2.20 bits per heavy atom. The van der Waals surface area contributed by atoms with Gasteiger partial charge in [-0.15, -0.1) is 0 Å². The van der Waals surface area contributed by atoms with Crippen LogP contribution in [0.4, 0.5) is 10.1 Å². The van der Waals surface area contributed by atoms with E-state index in [9.17, 15) is 23.6 Å². The average Bonchev–Trinajstić information content (AvgIpc) is 2.99. The molecule has 0 saturated heterocycles. The number of halogens is 1. The number of esters is 1. The van der Waals surface area contributed by atoms with Crippen LogP contribution < -0.4 is 5.32 Å². The second kappa shape index (κ2) is 9.30. The van der Waals surface area contributed by atoms with Crippen molar-refractivity contribution in [3.05, 3.63) is 65.5 Å². The number of benzene rings is 2. The molecule has 8 heteroatoms. The van der Waals surface area contributed by atoms with Crippen molar-refractivity contribution in [3.8, 4) is 0 Å². The third-order valence-corrected chi connectivity index (χ3v) is 4.71. The summed E-state index contributed by atoms with van der Waals surface area (Å²) in [6.07, 6.45) is 1.58. The van der Waals surface area contributed by atoms with Crippen LogP contribution in [0.3, 0.4) is 0 Å². The molecule has 0 fully saturated rings. The molecule has 1 aliphatic heterocycles. The van der Waals surface area contributed by atoms with E-state index >= 15 is 0 Å². The van der Waals surface area contributed by atoms with Crippen molar-refractivity contribution < 1.29 is 28.3 Å². The van der Waals surface area contributed by atoms with Gasteiger partial charge in [0.1, 0.15) is 11.9 Å². The van der Waals surface area contributed by atoms with E-state index in [2.05, 4.69) is 5.32 Å². The topological polar surface area (TPSA) is 92.8 Å². The molecular weight excluding hydrogens is 391 g/mol. The molecule has 0 radical (unpaired) electrons. The van der Waals surface area contributed by atoms with E-state index in [1.165, 1.54) is 36.4 Å². The van der Waals surface area contributed by atoms with E-state index in [0.29, 0.717) is 12.1 Å². The van der Waals surface area contributed by atoms with Gasteiger partial charge in [-0.05, 0) is 42.8 Å². The smallest absolute Gasteiger partial charge is 0.329 e. The fourth-order valence-electron chi connectivity index (χ4n) is 3.20. The molecule has 3 rings (SSSR count). The van der Waals surface area contributed by atoms with Crippen molar-refractivity contribution >= 4 is 29.4 Å². The number of rotatable bonds is 8. The minimum Gasteiger partial charge on any atom is -0.454 e. The van der Waals surface area contributed by atoms with Crippen molar-refractivity contribution in [2.75, 3.05) is 11.9 Å². The Labute approximate surface area is 172 Å². The fourth-order valence-corrected chi connectivity index (χ4v) is 3.20. The number of imide groups is 1. The molecule has 1 heterocycles. The van der Waals surface area contributed by atoms with Crippen LogP contribution in [0.5, 0.6) is 0 Å². The molecular formula is C22H21FN2O5. The van der Waals surface area contributed by atoms with Crippen molar-refractivity contribution in [2.45, 2.75) is 32.2 Å². The number of carbonyl (C=O) groups excluding carboxylic acids is 4. The number of ether oxygens (including phenoxy) is 1. The summed E-state index contributed by atoms with van der Waals surface area (Å²) < 4.78 is 18.0. The lowest BCUT2D eigenvalue weighted by molar-refractivity contribution is -0.151. The van der Waals surface area contributed by atoms with Gasteiger partial charge in [0.15, 0.2) is 6.61 Å². The number of amides is 3. The summed E-state index contributed by atoms with van der Waals surface area (Å²) in [4.78, 5) is 51.1. The Kier molecular flexibility index (Phi) is 6.56. The van der Waals surface area contributed by atoms with Crippen LogP contribution in [0.15, 0.2) is 48.5 Å². The van der Waals surface area contributed by atoms with Gasteiger partial charge < -0.3 is 10.1 Å². The van der Waals surface area contributed by atoms with E-state index in [0.717, 1.165) is 11.3 Å². The zero-order chi connectivity index (χ0) is 21.7. The Morgan fingerprint density at radius 2 is 1.63 bits per heavy atom. The molecule has 0 spiro atoms. The molecule has 3 amide bonds. The SMILES string of the molecule is CCCC[C@@H](C(=O)OCC(=O)Nc1ccc(F)cc1)N1C(=O)c2ccccc2C1=O. The predicted molar refractivity (Wildman–Crippen MR) is 106 cm³/mol. The highest BCUT2D eigenvalue weighted by atomic mass is 19.1. The molecule has 30 heavy (non-hydrogen) atoms. The number of carbonyl (C=O) groups is 4. The number of unbranched alkanes of at least 4 members (excludes halogenated alkanes) is 1. The highest BCUT2D eigenvalue weighted by Crippen LogP contribution is 2.26. The van der Waals surface area contributed by atoms with Crippen molar-refractivity contribution in [1.82, 2.24) is 4.90 Å². The lowest BCUT2D eigenvalue weighted by Gasteiger charge is -2.24. The van der Waals surface area contributed by atoms with E-state index in [-0.39, 0.29) is 17.5 Å². The van der Waals surface area contributed by atoms with Crippen LogP contribution >= 0.6 is 0 Å². The number of hydrogen-bond donors (Lipinski definition) is 1. The summed E-state index contributed by atoms with van der Waals surface area (Å²) in [6.45, 7) is 1.32. The molecule has 0 aliphatic carbocycles. The van der Waals surface area contributed by atoms with Gasteiger partial charge in [0.25, 0.3) is 17.7 Å².